The molecule has 1 aromatic heterocycles. The van der Waals surface area contributed by atoms with Gasteiger partial charge < -0.3 is 5.32 Å². The van der Waals surface area contributed by atoms with Crippen LogP contribution in [0.3, 0.4) is 0 Å². The molecule has 4 nitrogen and oxygen atoms in total. The summed E-state index contributed by atoms with van der Waals surface area (Å²) in [6, 6.07) is 9.66. The monoisotopic (exact) mass is 353 g/mol. The van der Waals surface area contributed by atoms with Crippen molar-refractivity contribution < 1.29 is 4.79 Å². The highest BCUT2D eigenvalue weighted by Gasteiger charge is 2.15. The third kappa shape index (κ3) is 3.43. The van der Waals surface area contributed by atoms with Gasteiger partial charge in [0.2, 0.25) is 5.91 Å². The molecule has 0 saturated carbocycles. The number of hydrogen-bond donors (Lipinski definition) is 1. The van der Waals surface area contributed by atoms with E-state index >= 15 is 0 Å². The molecule has 106 valence electrons. The van der Waals surface area contributed by atoms with Crippen LogP contribution in [-0.2, 0) is 4.79 Å². The number of thioether (sulfide) groups is 1. The van der Waals surface area contributed by atoms with E-state index in [0.29, 0.717) is 5.82 Å². The molecule has 1 N–H and O–H groups in total. The fourth-order valence-corrected chi connectivity index (χ4v) is 2.39. The van der Waals surface area contributed by atoms with E-state index in [4.69, 9.17) is 0 Å². The fourth-order valence-electron chi connectivity index (χ4n) is 1.73. The van der Waals surface area contributed by atoms with E-state index in [9.17, 15) is 4.79 Å². The normalized spacial score (nSPS) is 12.2. The standard InChI is InChI=1S/C14H16BrN3OS/c1-9-7-13(16-14(19)10(2)20-3)18(17-9)12-6-4-5-11(15)8-12/h4-8,10H,1-3H3,(H,16,19). The number of amides is 1. The van der Waals surface area contributed by atoms with Crippen LogP contribution in [0, 0.1) is 6.92 Å². The third-order valence-corrected chi connectivity index (χ3v) is 4.27. The highest BCUT2D eigenvalue weighted by Crippen LogP contribution is 2.21. The number of halogens is 1. The van der Waals surface area contributed by atoms with Gasteiger partial charge in [0.05, 0.1) is 16.6 Å². The summed E-state index contributed by atoms with van der Waals surface area (Å²) in [6.45, 7) is 3.79. The molecule has 0 aliphatic heterocycles. The molecule has 1 amide bonds. The number of hydrogen-bond acceptors (Lipinski definition) is 3. The van der Waals surface area contributed by atoms with Crippen molar-refractivity contribution in [3.8, 4) is 5.69 Å². The van der Waals surface area contributed by atoms with Crippen LogP contribution in [0.5, 0.6) is 0 Å². The smallest absolute Gasteiger partial charge is 0.238 e. The Morgan fingerprint density at radius 2 is 2.20 bits per heavy atom. The summed E-state index contributed by atoms with van der Waals surface area (Å²) < 4.78 is 2.71. The molecule has 0 saturated heterocycles. The molecule has 20 heavy (non-hydrogen) atoms. The maximum Gasteiger partial charge on any atom is 0.238 e. The number of carbonyl (C=O) groups is 1. The number of anilines is 1. The van der Waals surface area contributed by atoms with Gasteiger partial charge >= 0.3 is 0 Å². The van der Waals surface area contributed by atoms with Gasteiger partial charge in [-0.3, -0.25) is 4.79 Å². The van der Waals surface area contributed by atoms with E-state index in [1.165, 1.54) is 11.8 Å². The predicted molar refractivity (Wildman–Crippen MR) is 87.6 cm³/mol. The Kier molecular flexibility index (Phi) is 4.88. The minimum atomic E-state index is -0.0961. The van der Waals surface area contributed by atoms with E-state index in [1.54, 1.807) is 4.68 Å². The molecule has 0 fully saturated rings. The average molecular weight is 354 g/mol. The topological polar surface area (TPSA) is 46.9 Å². The van der Waals surface area contributed by atoms with Gasteiger partial charge in [0.15, 0.2) is 0 Å². The van der Waals surface area contributed by atoms with E-state index in [-0.39, 0.29) is 11.2 Å². The molecule has 0 aliphatic carbocycles. The zero-order valence-corrected chi connectivity index (χ0v) is 14.0. The van der Waals surface area contributed by atoms with Crippen LogP contribution >= 0.6 is 27.7 Å². The number of rotatable bonds is 4. The maximum atomic E-state index is 12.0. The second kappa shape index (κ2) is 6.45. The number of benzene rings is 1. The Morgan fingerprint density at radius 3 is 2.85 bits per heavy atom. The molecule has 0 radical (unpaired) electrons. The number of aromatic nitrogens is 2. The summed E-state index contributed by atoms with van der Waals surface area (Å²) in [4.78, 5) is 12.0. The molecular weight excluding hydrogens is 338 g/mol. The predicted octanol–water partition coefficient (Wildman–Crippen LogP) is 3.63. The summed E-state index contributed by atoms with van der Waals surface area (Å²) in [5, 5.41) is 7.26. The molecule has 1 aromatic carbocycles. The molecule has 2 rings (SSSR count). The summed E-state index contributed by atoms with van der Waals surface area (Å²) in [6.07, 6.45) is 1.92. The molecule has 1 atom stereocenters. The lowest BCUT2D eigenvalue weighted by atomic mass is 10.3. The first-order chi connectivity index (χ1) is 9.51. The first-order valence-corrected chi connectivity index (χ1v) is 8.25. The lowest BCUT2D eigenvalue weighted by Gasteiger charge is -2.11. The molecule has 1 heterocycles. The Balaban J connectivity index is 2.33. The van der Waals surface area contributed by atoms with Crippen molar-refractivity contribution >= 4 is 39.4 Å². The number of aryl methyl sites for hydroxylation is 1. The van der Waals surface area contributed by atoms with Gasteiger partial charge in [-0.1, -0.05) is 22.0 Å². The molecule has 0 bridgehead atoms. The Bertz CT molecular complexity index is 627. The lowest BCUT2D eigenvalue weighted by Crippen LogP contribution is -2.23. The maximum absolute atomic E-state index is 12.0. The summed E-state index contributed by atoms with van der Waals surface area (Å²) in [5.74, 6) is 0.667. The van der Waals surface area contributed by atoms with Crippen molar-refractivity contribution in [1.29, 1.82) is 0 Å². The highest BCUT2D eigenvalue weighted by molar-refractivity contribution is 9.10. The quantitative estimate of drug-likeness (QED) is 0.912. The number of nitrogens with one attached hydrogen (secondary N) is 1. The molecule has 2 aromatic rings. The van der Waals surface area contributed by atoms with Crippen LogP contribution in [0.25, 0.3) is 5.69 Å². The van der Waals surface area contributed by atoms with E-state index in [1.807, 2.05) is 50.4 Å². The Labute approximate surface area is 131 Å². The largest absolute Gasteiger partial charge is 0.310 e. The van der Waals surface area contributed by atoms with Crippen LogP contribution in [0.2, 0.25) is 0 Å². The number of nitrogens with zero attached hydrogens (tertiary/aromatic N) is 2. The van der Waals surface area contributed by atoms with Crippen molar-refractivity contribution in [3.63, 3.8) is 0 Å². The zero-order chi connectivity index (χ0) is 14.7. The fraction of sp³-hybridized carbons (Fsp3) is 0.286. The SMILES string of the molecule is CSC(C)C(=O)Nc1cc(C)nn1-c1cccc(Br)c1. The van der Waals surface area contributed by atoms with Crippen LogP contribution < -0.4 is 5.32 Å². The molecule has 1 unspecified atom stereocenters. The Morgan fingerprint density at radius 1 is 1.45 bits per heavy atom. The second-order valence-corrected chi connectivity index (χ2v) is 6.52. The van der Waals surface area contributed by atoms with Crippen molar-refractivity contribution in [1.82, 2.24) is 9.78 Å². The van der Waals surface area contributed by atoms with Crippen LogP contribution in [0.15, 0.2) is 34.8 Å². The van der Waals surface area contributed by atoms with Gasteiger partial charge in [-0.15, -0.1) is 0 Å². The van der Waals surface area contributed by atoms with Crippen molar-refractivity contribution in [2.75, 3.05) is 11.6 Å². The molecule has 6 heteroatoms. The van der Waals surface area contributed by atoms with Crippen LogP contribution in [0.1, 0.15) is 12.6 Å². The summed E-state index contributed by atoms with van der Waals surface area (Å²) >= 11 is 4.96. The molecule has 0 spiro atoms. The average Bonchev–Trinajstić information content (AvgIpc) is 2.78. The first-order valence-electron chi connectivity index (χ1n) is 6.17. The minimum Gasteiger partial charge on any atom is -0.310 e. The van der Waals surface area contributed by atoms with Crippen LogP contribution in [0.4, 0.5) is 5.82 Å². The van der Waals surface area contributed by atoms with E-state index in [2.05, 4.69) is 26.3 Å². The van der Waals surface area contributed by atoms with Gasteiger partial charge in [0, 0.05) is 10.5 Å². The van der Waals surface area contributed by atoms with Gasteiger partial charge in [-0.25, -0.2) is 4.68 Å². The zero-order valence-electron chi connectivity index (χ0n) is 11.6. The van der Waals surface area contributed by atoms with Crippen molar-refractivity contribution in [2.24, 2.45) is 0 Å². The third-order valence-electron chi connectivity index (χ3n) is 2.86. The lowest BCUT2D eigenvalue weighted by molar-refractivity contribution is -0.115. The van der Waals surface area contributed by atoms with Gasteiger partial charge in [-0.05, 0) is 38.3 Å². The van der Waals surface area contributed by atoms with Gasteiger partial charge in [0.1, 0.15) is 5.82 Å². The van der Waals surface area contributed by atoms with Gasteiger partial charge in [0.25, 0.3) is 0 Å². The first kappa shape index (κ1) is 15.1. The molecule has 0 aliphatic rings. The van der Waals surface area contributed by atoms with Crippen molar-refractivity contribution in [3.05, 3.63) is 40.5 Å². The highest BCUT2D eigenvalue weighted by atomic mass is 79.9. The van der Waals surface area contributed by atoms with E-state index in [0.717, 1.165) is 15.9 Å². The van der Waals surface area contributed by atoms with Crippen LogP contribution in [-0.4, -0.2) is 27.2 Å². The summed E-state index contributed by atoms with van der Waals surface area (Å²) in [7, 11) is 0. The second-order valence-electron chi connectivity index (χ2n) is 4.43. The van der Waals surface area contributed by atoms with Crippen molar-refractivity contribution in [2.45, 2.75) is 19.1 Å². The minimum absolute atomic E-state index is 0.0198. The molecular formula is C14H16BrN3OS. The number of carbonyl (C=O) groups excluding carboxylic acids is 1. The summed E-state index contributed by atoms with van der Waals surface area (Å²) in [5.41, 5.74) is 1.76. The van der Waals surface area contributed by atoms with E-state index < -0.39 is 0 Å². The van der Waals surface area contributed by atoms with Gasteiger partial charge in [-0.2, -0.15) is 16.9 Å². The Hall–Kier alpha value is -1.27.